The zero-order valence-corrected chi connectivity index (χ0v) is 14.8. The fraction of sp³-hybridized carbons (Fsp3) is 0.111. The van der Waals surface area contributed by atoms with Crippen molar-refractivity contribution in [2.75, 3.05) is 24.8 Å². The zero-order chi connectivity index (χ0) is 19.2. The second-order valence-electron chi connectivity index (χ2n) is 5.33. The number of urea groups is 1. The van der Waals surface area contributed by atoms with Gasteiger partial charge in [-0.3, -0.25) is 0 Å². The molecule has 1 aromatic carbocycles. The number of ether oxygens (including phenoxy) is 2. The molecule has 0 radical (unpaired) electrons. The predicted molar refractivity (Wildman–Crippen MR) is 101 cm³/mol. The van der Waals surface area contributed by atoms with E-state index in [4.69, 9.17) is 15.2 Å². The second-order valence-corrected chi connectivity index (χ2v) is 5.33. The van der Waals surface area contributed by atoms with Crippen molar-refractivity contribution in [1.82, 2.24) is 15.0 Å². The molecular formula is C18H18N6O3. The molecule has 0 saturated carbocycles. The Labute approximate surface area is 155 Å². The third kappa shape index (κ3) is 4.21. The van der Waals surface area contributed by atoms with Gasteiger partial charge < -0.3 is 25.8 Å². The van der Waals surface area contributed by atoms with Crippen LogP contribution in [0.2, 0.25) is 0 Å². The molecule has 9 nitrogen and oxygen atoms in total. The molecule has 9 heteroatoms. The first-order valence-corrected chi connectivity index (χ1v) is 7.99. The Morgan fingerprint density at radius 2 is 1.96 bits per heavy atom. The van der Waals surface area contributed by atoms with Gasteiger partial charge in [0.15, 0.2) is 11.5 Å². The van der Waals surface area contributed by atoms with Crippen LogP contribution in [0, 0.1) is 0 Å². The number of rotatable bonds is 6. The van der Waals surface area contributed by atoms with Crippen LogP contribution in [0.1, 0.15) is 0 Å². The minimum Gasteiger partial charge on any atom is -0.493 e. The number of amides is 2. The number of pyridine rings is 1. The Bertz CT molecular complexity index is 963. The lowest BCUT2D eigenvalue weighted by Gasteiger charge is -2.13. The molecule has 0 atom stereocenters. The molecule has 0 spiro atoms. The normalized spacial score (nSPS) is 10.1. The summed E-state index contributed by atoms with van der Waals surface area (Å²) in [5.74, 6) is 1.68. The van der Waals surface area contributed by atoms with Gasteiger partial charge in [0.05, 0.1) is 18.4 Å². The van der Waals surface area contributed by atoms with Crippen LogP contribution in [-0.4, -0.2) is 35.1 Å². The predicted octanol–water partition coefficient (Wildman–Crippen LogP) is 2.87. The van der Waals surface area contributed by atoms with Gasteiger partial charge in [-0.2, -0.15) is 0 Å². The van der Waals surface area contributed by atoms with Gasteiger partial charge in [0, 0.05) is 31.2 Å². The van der Waals surface area contributed by atoms with Gasteiger partial charge in [0.2, 0.25) is 11.8 Å². The Morgan fingerprint density at radius 3 is 2.70 bits per heavy atom. The highest BCUT2D eigenvalue weighted by atomic mass is 16.5. The number of benzene rings is 1. The number of nitrogens with two attached hydrogens (primary N) is 1. The van der Waals surface area contributed by atoms with Crippen molar-refractivity contribution < 1.29 is 14.3 Å². The van der Waals surface area contributed by atoms with Crippen LogP contribution < -0.4 is 25.8 Å². The maximum atomic E-state index is 11.0. The Hall–Kier alpha value is -3.88. The number of methoxy groups -OCH3 is 1. The lowest BCUT2D eigenvalue weighted by Crippen LogP contribution is -2.19. The monoisotopic (exact) mass is 366 g/mol. The van der Waals surface area contributed by atoms with E-state index in [0.29, 0.717) is 40.3 Å². The fourth-order valence-corrected chi connectivity index (χ4v) is 2.37. The van der Waals surface area contributed by atoms with E-state index >= 15 is 0 Å². The highest BCUT2D eigenvalue weighted by molar-refractivity contribution is 5.88. The number of hydrogen-bond donors (Lipinski definition) is 3. The van der Waals surface area contributed by atoms with Crippen LogP contribution in [-0.2, 0) is 0 Å². The van der Waals surface area contributed by atoms with Crippen LogP contribution in [0.5, 0.6) is 17.4 Å². The summed E-state index contributed by atoms with van der Waals surface area (Å²) in [6.45, 7) is 0. The average Bonchev–Trinajstić information content (AvgIpc) is 2.69. The van der Waals surface area contributed by atoms with E-state index in [1.165, 1.54) is 7.11 Å². The molecule has 0 fully saturated rings. The van der Waals surface area contributed by atoms with E-state index in [1.807, 2.05) is 6.07 Å². The molecule has 3 aromatic rings. The molecule has 0 aliphatic carbocycles. The Balaban J connectivity index is 1.96. The highest BCUT2D eigenvalue weighted by Crippen LogP contribution is 2.36. The van der Waals surface area contributed by atoms with Gasteiger partial charge in [-0.05, 0) is 30.3 Å². The van der Waals surface area contributed by atoms with Gasteiger partial charge in [-0.25, -0.2) is 19.7 Å². The summed E-state index contributed by atoms with van der Waals surface area (Å²) in [5, 5.41) is 5.38. The van der Waals surface area contributed by atoms with Crippen molar-refractivity contribution in [3.8, 4) is 28.6 Å². The number of nitrogens with one attached hydrogen (secondary N) is 2. The standard InChI is InChI=1S/C18H18N6O3/c1-20-18-22-9-7-13(24-18)12-4-3-8-21-16(12)27-14-6-5-11(23-17(19)25)10-15(14)26-2/h3-10H,1-2H3,(H3,19,23,25)(H,20,22,24). The molecule has 4 N–H and O–H groups in total. The first-order valence-electron chi connectivity index (χ1n) is 7.99. The molecule has 2 amide bonds. The molecule has 2 heterocycles. The topological polar surface area (TPSA) is 124 Å². The number of carbonyl (C=O) groups is 1. The van der Waals surface area contributed by atoms with Crippen molar-refractivity contribution >= 4 is 17.7 Å². The SMILES string of the molecule is CNc1nccc(-c2cccnc2Oc2ccc(NC(N)=O)cc2OC)n1. The summed E-state index contributed by atoms with van der Waals surface area (Å²) in [7, 11) is 3.24. The second kappa shape index (κ2) is 8.00. The van der Waals surface area contributed by atoms with E-state index in [1.54, 1.807) is 49.8 Å². The average molecular weight is 366 g/mol. The van der Waals surface area contributed by atoms with E-state index in [9.17, 15) is 4.79 Å². The first kappa shape index (κ1) is 17.9. The molecule has 0 aliphatic heterocycles. The van der Waals surface area contributed by atoms with E-state index in [2.05, 4.69) is 25.6 Å². The van der Waals surface area contributed by atoms with Gasteiger partial charge in [0.1, 0.15) is 0 Å². The molecule has 138 valence electrons. The van der Waals surface area contributed by atoms with Crippen LogP contribution >= 0.6 is 0 Å². The molecular weight excluding hydrogens is 348 g/mol. The molecule has 0 aliphatic rings. The summed E-state index contributed by atoms with van der Waals surface area (Å²) in [6.07, 6.45) is 3.27. The summed E-state index contributed by atoms with van der Waals surface area (Å²) >= 11 is 0. The van der Waals surface area contributed by atoms with Crippen molar-refractivity contribution in [2.45, 2.75) is 0 Å². The number of hydrogen-bond acceptors (Lipinski definition) is 7. The number of carbonyl (C=O) groups excluding carboxylic acids is 1. The highest BCUT2D eigenvalue weighted by Gasteiger charge is 2.14. The lowest BCUT2D eigenvalue weighted by molar-refractivity contribution is 0.259. The molecule has 2 aromatic heterocycles. The summed E-state index contributed by atoms with van der Waals surface area (Å²) in [4.78, 5) is 23.8. The van der Waals surface area contributed by atoms with Gasteiger partial charge in [-0.15, -0.1) is 0 Å². The van der Waals surface area contributed by atoms with Crippen LogP contribution in [0.25, 0.3) is 11.3 Å². The molecule has 0 unspecified atom stereocenters. The maximum absolute atomic E-state index is 11.0. The van der Waals surface area contributed by atoms with Crippen molar-refractivity contribution in [2.24, 2.45) is 5.73 Å². The maximum Gasteiger partial charge on any atom is 0.316 e. The smallest absolute Gasteiger partial charge is 0.316 e. The van der Waals surface area contributed by atoms with Gasteiger partial charge in [0.25, 0.3) is 0 Å². The van der Waals surface area contributed by atoms with E-state index in [0.717, 1.165) is 0 Å². The Morgan fingerprint density at radius 1 is 1.11 bits per heavy atom. The number of nitrogens with zero attached hydrogens (tertiary/aromatic N) is 3. The van der Waals surface area contributed by atoms with E-state index in [-0.39, 0.29) is 0 Å². The van der Waals surface area contributed by atoms with Crippen molar-refractivity contribution in [1.29, 1.82) is 0 Å². The lowest BCUT2D eigenvalue weighted by atomic mass is 10.2. The quantitative estimate of drug-likeness (QED) is 0.612. The third-order valence-electron chi connectivity index (χ3n) is 3.56. The molecule has 27 heavy (non-hydrogen) atoms. The van der Waals surface area contributed by atoms with Gasteiger partial charge >= 0.3 is 6.03 Å². The van der Waals surface area contributed by atoms with E-state index < -0.39 is 6.03 Å². The summed E-state index contributed by atoms with van der Waals surface area (Å²) < 4.78 is 11.3. The zero-order valence-electron chi connectivity index (χ0n) is 14.8. The Kier molecular flexibility index (Phi) is 5.31. The third-order valence-corrected chi connectivity index (χ3v) is 3.56. The largest absolute Gasteiger partial charge is 0.493 e. The number of primary amides is 1. The van der Waals surface area contributed by atoms with Crippen molar-refractivity contribution in [3.05, 3.63) is 48.8 Å². The van der Waals surface area contributed by atoms with Crippen LogP contribution in [0.4, 0.5) is 16.4 Å². The van der Waals surface area contributed by atoms with Crippen LogP contribution in [0.3, 0.4) is 0 Å². The fourth-order valence-electron chi connectivity index (χ4n) is 2.37. The molecule has 0 bridgehead atoms. The summed E-state index contributed by atoms with van der Waals surface area (Å²) in [5.41, 5.74) is 6.97. The first-order chi connectivity index (χ1) is 13.1. The van der Waals surface area contributed by atoms with Crippen LogP contribution in [0.15, 0.2) is 48.8 Å². The number of anilines is 2. The molecule has 3 rings (SSSR count). The minimum atomic E-state index is -0.665. The molecule has 0 saturated heterocycles. The number of aromatic nitrogens is 3. The summed E-state index contributed by atoms with van der Waals surface area (Å²) in [6, 6.07) is 9.65. The van der Waals surface area contributed by atoms with Gasteiger partial charge in [-0.1, -0.05) is 0 Å². The minimum absolute atomic E-state index is 0.354. The van der Waals surface area contributed by atoms with Crippen molar-refractivity contribution in [3.63, 3.8) is 0 Å².